The molecule has 0 aliphatic heterocycles. The number of aromatic amines is 1. The van der Waals surface area contributed by atoms with E-state index in [0.29, 0.717) is 0 Å². The van der Waals surface area contributed by atoms with Crippen molar-refractivity contribution in [2.24, 2.45) is 5.92 Å². The molecule has 0 amide bonds. The van der Waals surface area contributed by atoms with E-state index in [-0.39, 0.29) is 5.56 Å². The Bertz CT molecular complexity index is 579. The molecule has 1 aromatic rings. The van der Waals surface area contributed by atoms with Gasteiger partial charge in [-0.3, -0.25) is 14.3 Å². The van der Waals surface area contributed by atoms with Gasteiger partial charge in [0.15, 0.2) is 0 Å². The summed E-state index contributed by atoms with van der Waals surface area (Å²) in [6.07, 6.45) is -2.83. The molecule has 2 rings (SSSR count). The van der Waals surface area contributed by atoms with Crippen molar-refractivity contribution in [1.29, 1.82) is 0 Å². The van der Waals surface area contributed by atoms with Gasteiger partial charge in [0.25, 0.3) is 5.56 Å². The van der Waals surface area contributed by atoms with Crippen LogP contribution in [0, 0.1) is 12.8 Å². The monoisotopic (exact) mass is 272 g/mol. The lowest BCUT2D eigenvalue weighted by Crippen LogP contribution is -2.40. The summed E-state index contributed by atoms with van der Waals surface area (Å²) in [5.74, 6) is -0.945. The molecule has 0 saturated heterocycles. The van der Waals surface area contributed by atoms with Crippen molar-refractivity contribution >= 4 is 0 Å². The number of aliphatic hydroxyl groups excluding tert-OH is 4. The standard InChI is InChI=1S/C11H16N2O6/c1-4-2-13(11(19)12-10(4)18)6-7(15)5(3-14)8(16)9(6)17/h2,5-9,14-17H,3H2,1H3,(H,12,18,19). The smallest absolute Gasteiger partial charge is 0.328 e. The minimum Gasteiger partial charge on any atom is -0.396 e. The number of nitrogens with zero attached hydrogens (tertiary/aromatic N) is 1. The first-order valence-corrected chi connectivity index (χ1v) is 5.85. The third-order valence-corrected chi connectivity index (χ3v) is 3.60. The van der Waals surface area contributed by atoms with Crippen molar-refractivity contribution in [3.05, 3.63) is 32.6 Å². The molecule has 5 unspecified atom stereocenters. The van der Waals surface area contributed by atoms with Gasteiger partial charge in [0.2, 0.25) is 0 Å². The topological polar surface area (TPSA) is 136 Å². The third kappa shape index (κ3) is 2.12. The van der Waals surface area contributed by atoms with Crippen LogP contribution in [0.25, 0.3) is 0 Å². The number of nitrogens with one attached hydrogen (secondary N) is 1. The van der Waals surface area contributed by atoms with Crippen molar-refractivity contribution in [2.45, 2.75) is 31.3 Å². The van der Waals surface area contributed by atoms with Crippen LogP contribution in [0.1, 0.15) is 11.6 Å². The Hall–Kier alpha value is -1.48. The Labute approximate surface area is 107 Å². The summed E-state index contributed by atoms with van der Waals surface area (Å²) in [6, 6.07) is -1.12. The van der Waals surface area contributed by atoms with Gasteiger partial charge in [-0.05, 0) is 6.92 Å². The van der Waals surface area contributed by atoms with E-state index in [4.69, 9.17) is 5.11 Å². The van der Waals surface area contributed by atoms with Crippen LogP contribution in [0.15, 0.2) is 15.8 Å². The van der Waals surface area contributed by atoms with E-state index in [1.807, 2.05) is 0 Å². The molecule has 19 heavy (non-hydrogen) atoms. The number of hydrogen-bond acceptors (Lipinski definition) is 6. The van der Waals surface area contributed by atoms with E-state index in [1.54, 1.807) is 0 Å². The van der Waals surface area contributed by atoms with Gasteiger partial charge in [0, 0.05) is 17.7 Å². The summed E-state index contributed by atoms with van der Waals surface area (Å²) >= 11 is 0. The zero-order valence-corrected chi connectivity index (χ0v) is 10.2. The minimum absolute atomic E-state index is 0.237. The highest BCUT2D eigenvalue weighted by atomic mass is 16.3. The minimum atomic E-state index is -1.41. The van der Waals surface area contributed by atoms with E-state index in [2.05, 4.69) is 4.98 Å². The molecule has 0 bridgehead atoms. The maximum Gasteiger partial charge on any atom is 0.328 e. The molecular formula is C11H16N2O6. The van der Waals surface area contributed by atoms with Crippen LogP contribution < -0.4 is 11.2 Å². The first kappa shape index (κ1) is 13.9. The molecule has 0 aromatic carbocycles. The average Bonchev–Trinajstić information content (AvgIpc) is 2.56. The molecule has 8 nitrogen and oxygen atoms in total. The van der Waals surface area contributed by atoms with Crippen molar-refractivity contribution in [3.63, 3.8) is 0 Å². The Morgan fingerprint density at radius 3 is 2.37 bits per heavy atom. The van der Waals surface area contributed by atoms with Crippen LogP contribution in [0.3, 0.4) is 0 Å². The highest BCUT2D eigenvalue weighted by Crippen LogP contribution is 2.34. The zero-order chi connectivity index (χ0) is 14.3. The molecule has 1 aliphatic rings. The third-order valence-electron chi connectivity index (χ3n) is 3.60. The van der Waals surface area contributed by atoms with Crippen LogP contribution in [-0.2, 0) is 0 Å². The Kier molecular flexibility index (Phi) is 3.59. The molecule has 106 valence electrons. The second kappa shape index (κ2) is 4.89. The predicted molar refractivity (Wildman–Crippen MR) is 63.7 cm³/mol. The van der Waals surface area contributed by atoms with E-state index in [9.17, 15) is 24.9 Å². The molecule has 5 atom stereocenters. The quantitative estimate of drug-likeness (QED) is 0.391. The first-order valence-electron chi connectivity index (χ1n) is 5.85. The molecule has 1 saturated carbocycles. The van der Waals surface area contributed by atoms with Gasteiger partial charge < -0.3 is 20.4 Å². The normalized spacial score (nSPS) is 34.7. The van der Waals surface area contributed by atoms with E-state index < -0.39 is 48.1 Å². The van der Waals surface area contributed by atoms with Crippen molar-refractivity contribution in [1.82, 2.24) is 9.55 Å². The summed E-state index contributed by atoms with van der Waals surface area (Å²) in [6.45, 7) is 0.954. The lowest BCUT2D eigenvalue weighted by molar-refractivity contribution is -0.00810. The van der Waals surface area contributed by atoms with Crippen LogP contribution in [-0.4, -0.2) is 54.9 Å². The summed E-state index contributed by atoms with van der Waals surface area (Å²) < 4.78 is 0.977. The van der Waals surface area contributed by atoms with Crippen molar-refractivity contribution in [3.8, 4) is 0 Å². The van der Waals surface area contributed by atoms with E-state index >= 15 is 0 Å². The summed E-state index contributed by atoms with van der Waals surface area (Å²) in [5, 5.41) is 38.7. The number of rotatable bonds is 2. The van der Waals surface area contributed by atoms with Gasteiger partial charge in [-0.2, -0.15) is 0 Å². The molecule has 1 aromatic heterocycles. The van der Waals surface area contributed by atoms with Crippen LogP contribution in [0.4, 0.5) is 0 Å². The van der Waals surface area contributed by atoms with E-state index in [1.165, 1.54) is 13.1 Å². The van der Waals surface area contributed by atoms with Gasteiger partial charge in [-0.15, -0.1) is 0 Å². The van der Waals surface area contributed by atoms with Gasteiger partial charge >= 0.3 is 5.69 Å². The summed E-state index contributed by atoms with van der Waals surface area (Å²) in [4.78, 5) is 25.0. The van der Waals surface area contributed by atoms with Crippen molar-refractivity contribution in [2.75, 3.05) is 6.61 Å². The van der Waals surface area contributed by atoms with Gasteiger partial charge in [-0.1, -0.05) is 0 Å². The number of aromatic nitrogens is 2. The number of aliphatic hydroxyl groups is 4. The van der Waals surface area contributed by atoms with E-state index in [0.717, 1.165) is 4.57 Å². The van der Waals surface area contributed by atoms with Crippen molar-refractivity contribution < 1.29 is 20.4 Å². The maximum atomic E-state index is 11.7. The predicted octanol–water partition coefficient (Wildman–Crippen LogP) is -2.91. The molecular weight excluding hydrogens is 256 g/mol. The first-order chi connectivity index (χ1) is 8.88. The lowest BCUT2D eigenvalue weighted by Gasteiger charge is -2.21. The largest absolute Gasteiger partial charge is 0.396 e. The maximum absolute atomic E-state index is 11.7. The average molecular weight is 272 g/mol. The highest BCUT2D eigenvalue weighted by molar-refractivity contribution is 5.07. The van der Waals surface area contributed by atoms with Gasteiger partial charge in [0.05, 0.1) is 24.9 Å². The number of hydrogen-bond donors (Lipinski definition) is 5. The lowest BCUT2D eigenvalue weighted by atomic mass is 10.0. The van der Waals surface area contributed by atoms with Crippen LogP contribution in [0.5, 0.6) is 0 Å². The highest BCUT2D eigenvalue weighted by Gasteiger charge is 2.49. The molecule has 1 fully saturated rings. The Balaban J connectivity index is 2.50. The SMILES string of the molecule is Cc1cn(C2C(O)C(O)C(CO)C2O)c(=O)[nH]c1=O. The summed E-state index contributed by atoms with van der Waals surface area (Å²) in [7, 11) is 0. The molecule has 0 spiro atoms. The number of aryl methyl sites for hydroxylation is 1. The van der Waals surface area contributed by atoms with Crippen LogP contribution >= 0.6 is 0 Å². The second-order valence-electron chi connectivity index (χ2n) is 4.79. The van der Waals surface area contributed by atoms with Gasteiger partial charge in [0.1, 0.15) is 6.10 Å². The second-order valence-corrected chi connectivity index (χ2v) is 4.79. The molecule has 1 heterocycles. The fourth-order valence-corrected chi connectivity index (χ4v) is 2.47. The fourth-order valence-electron chi connectivity index (χ4n) is 2.47. The molecule has 8 heteroatoms. The number of H-pyrrole nitrogens is 1. The summed E-state index contributed by atoms with van der Waals surface area (Å²) in [5.41, 5.74) is -1.10. The molecule has 1 aliphatic carbocycles. The Morgan fingerprint density at radius 1 is 1.21 bits per heavy atom. The Morgan fingerprint density at radius 2 is 1.84 bits per heavy atom. The van der Waals surface area contributed by atoms with Gasteiger partial charge in [-0.25, -0.2) is 4.79 Å². The van der Waals surface area contributed by atoms with Crippen LogP contribution in [0.2, 0.25) is 0 Å². The molecule has 5 N–H and O–H groups in total. The zero-order valence-electron chi connectivity index (χ0n) is 10.2. The molecule has 0 radical (unpaired) electrons. The fraction of sp³-hybridized carbons (Fsp3) is 0.636.